The molecule has 2 aromatic rings. The number of hydrogen-bond donors (Lipinski definition) is 1. The first-order chi connectivity index (χ1) is 12.5. The van der Waals surface area contributed by atoms with Crippen LogP contribution in [0.25, 0.3) is 0 Å². The number of para-hydroxylation sites is 2. The van der Waals surface area contributed by atoms with Crippen molar-refractivity contribution < 1.29 is 17.9 Å². The Morgan fingerprint density at radius 3 is 2.50 bits per heavy atom. The smallest absolute Gasteiger partial charge is 0.255 e. The number of amides is 1. The highest BCUT2D eigenvalue weighted by molar-refractivity contribution is 7.92. The normalized spacial score (nSPS) is 15.4. The van der Waals surface area contributed by atoms with E-state index in [-0.39, 0.29) is 16.1 Å². The van der Waals surface area contributed by atoms with E-state index in [4.69, 9.17) is 4.74 Å². The summed E-state index contributed by atoms with van der Waals surface area (Å²) >= 11 is 0. The monoisotopic (exact) mass is 373 g/mol. The molecule has 0 spiro atoms. The van der Waals surface area contributed by atoms with Gasteiger partial charge in [-0.15, -0.1) is 0 Å². The minimum absolute atomic E-state index is 0.220. The van der Waals surface area contributed by atoms with E-state index in [1.165, 1.54) is 13.2 Å². The van der Waals surface area contributed by atoms with E-state index in [2.05, 4.69) is 5.32 Å². The molecular formula is C20H23NO4S. The van der Waals surface area contributed by atoms with Crippen molar-refractivity contribution in [3.8, 4) is 5.75 Å². The maximum absolute atomic E-state index is 12.9. The first-order valence-corrected chi connectivity index (χ1v) is 10.4. The molecule has 5 nitrogen and oxygen atoms in total. The van der Waals surface area contributed by atoms with E-state index in [9.17, 15) is 13.2 Å². The Balaban J connectivity index is 1.83. The van der Waals surface area contributed by atoms with E-state index >= 15 is 0 Å². The summed E-state index contributed by atoms with van der Waals surface area (Å²) in [6.07, 6.45) is 4.36. The lowest BCUT2D eigenvalue weighted by atomic mass is 10.0. The number of carbonyl (C=O) groups excluding carboxylic acids is 1. The SMILES string of the molecule is COc1ccccc1NC(=O)c1cccc(S(=O)(=O)C2CCCCC2)c1. The minimum Gasteiger partial charge on any atom is -0.495 e. The minimum atomic E-state index is -3.41. The molecule has 1 N–H and O–H groups in total. The summed E-state index contributed by atoms with van der Waals surface area (Å²) in [5, 5.41) is 2.43. The Hall–Kier alpha value is -2.34. The summed E-state index contributed by atoms with van der Waals surface area (Å²) in [6, 6.07) is 13.4. The van der Waals surface area contributed by atoms with Gasteiger partial charge in [-0.3, -0.25) is 4.79 Å². The van der Waals surface area contributed by atoms with Crippen LogP contribution in [-0.4, -0.2) is 26.7 Å². The van der Waals surface area contributed by atoms with Gasteiger partial charge in [-0.05, 0) is 43.2 Å². The number of hydrogen-bond acceptors (Lipinski definition) is 4. The molecule has 0 atom stereocenters. The van der Waals surface area contributed by atoms with Crippen molar-refractivity contribution in [2.24, 2.45) is 0 Å². The summed E-state index contributed by atoms with van der Waals surface area (Å²) in [4.78, 5) is 12.8. The van der Waals surface area contributed by atoms with Crippen molar-refractivity contribution in [3.63, 3.8) is 0 Å². The van der Waals surface area contributed by atoms with Crippen molar-refractivity contribution in [1.29, 1.82) is 0 Å². The number of rotatable bonds is 5. The molecular weight excluding hydrogens is 350 g/mol. The fourth-order valence-corrected chi connectivity index (χ4v) is 5.22. The van der Waals surface area contributed by atoms with Crippen molar-refractivity contribution in [3.05, 3.63) is 54.1 Å². The van der Waals surface area contributed by atoms with Crippen LogP contribution in [0.1, 0.15) is 42.5 Å². The molecule has 1 aliphatic carbocycles. The molecule has 0 bridgehead atoms. The van der Waals surface area contributed by atoms with Gasteiger partial charge in [0.1, 0.15) is 5.75 Å². The van der Waals surface area contributed by atoms with Gasteiger partial charge >= 0.3 is 0 Å². The maximum Gasteiger partial charge on any atom is 0.255 e. The topological polar surface area (TPSA) is 72.5 Å². The lowest BCUT2D eigenvalue weighted by Gasteiger charge is -2.22. The fraction of sp³-hybridized carbons (Fsp3) is 0.350. The van der Waals surface area contributed by atoms with Gasteiger partial charge in [-0.25, -0.2) is 8.42 Å². The number of sulfone groups is 1. The quantitative estimate of drug-likeness (QED) is 0.858. The molecule has 138 valence electrons. The third kappa shape index (κ3) is 3.90. The highest BCUT2D eigenvalue weighted by Gasteiger charge is 2.29. The summed E-state index contributed by atoms with van der Waals surface area (Å²) < 4.78 is 31.0. The van der Waals surface area contributed by atoms with Gasteiger partial charge < -0.3 is 10.1 Å². The first kappa shape index (κ1) is 18.5. The number of carbonyl (C=O) groups is 1. The zero-order valence-corrected chi connectivity index (χ0v) is 15.6. The maximum atomic E-state index is 12.9. The van der Waals surface area contributed by atoms with Gasteiger partial charge in [0.2, 0.25) is 0 Å². The van der Waals surface area contributed by atoms with Gasteiger partial charge in [-0.1, -0.05) is 37.5 Å². The molecule has 1 aliphatic rings. The highest BCUT2D eigenvalue weighted by atomic mass is 32.2. The molecule has 2 aromatic carbocycles. The second-order valence-corrected chi connectivity index (χ2v) is 8.72. The average molecular weight is 373 g/mol. The lowest BCUT2D eigenvalue weighted by Crippen LogP contribution is -2.24. The number of ether oxygens (including phenoxy) is 1. The summed E-state index contributed by atoms with van der Waals surface area (Å²) in [5.41, 5.74) is 0.855. The molecule has 0 unspecified atom stereocenters. The van der Waals surface area contributed by atoms with Crippen LogP contribution >= 0.6 is 0 Å². The molecule has 0 saturated heterocycles. The summed E-state index contributed by atoms with van der Waals surface area (Å²) in [6.45, 7) is 0. The molecule has 3 rings (SSSR count). The number of nitrogens with one attached hydrogen (secondary N) is 1. The molecule has 6 heteroatoms. The fourth-order valence-electron chi connectivity index (χ4n) is 3.32. The zero-order valence-electron chi connectivity index (χ0n) is 14.8. The largest absolute Gasteiger partial charge is 0.495 e. The second kappa shape index (κ2) is 7.91. The Morgan fingerprint density at radius 1 is 1.04 bits per heavy atom. The molecule has 1 saturated carbocycles. The van der Waals surface area contributed by atoms with Crippen LogP contribution in [0, 0.1) is 0 Å². The van der Waals surface area contributed by atoms with Crippen LogP contribution in [0.4, 0.5) is 5.69 Å². The summed E-state index contributed by atoms with van der Waals surface area (Å²) in [5.74, 6) is 0.182. The molecule has 0 aromatic heterocycles. The standard InChI is InChI=1S/C20H23NO4S/c1-25-19-13-6-5-12-18(19)21-20(22)15-8-7-11-17(14-15)26(23,24)16-9-3-2-4-10-16/h5-8,11-14,16H,2-4,9-10H2,1H3,(H,21,22). The van der Waals surface area contributed by atoms with Gasteiger partial charge in [0, 0.05) is 5.56 Å². The predicted molar refractivity (Wildman–Crippen MR) is 101 cm³/mol. The Morgan fingerprint density at radius 2 is 1.77 bits per heavy atom. The van der Waals surface area contributed by atoms with Gasteiger partial charge in [-0.2, -0.15) is 0 Å². The zero-order chi connectivity index (χ0) is 18.6. The van der Waals surface area contributed by atoms with E-state index < -0.39 is 9.84 Å². The van der Waals surface area contributed by atoms with E-state index in [1.807, 2.05) is 6.07 Å². The summed E-state index contributed by atoms with van der Waals surface area (Å²) in [7, 11) is -1.88. The van der Waals surface area contributed by atoms with Crippen molar-refractivity contribution in [2.45, 2.75) is 42.2 Å². The van der Waals surface area contributed by atoms with Crippen molar-refractivity contribution in [1.82, 2.24) is 0 Å². The molecule has 0 heterocycles. The Kier molecular flexibility index (Phi) is 5.61. The second-order valence-electron chi connectivity index (χ2n) is 6.49. The van der Waals surface area contributed by atoms with Gasteiger partial charge in [0.15, 0.2) is 9.84 Å². The number of methoxy groups -OCH3 is 1. The lowest BCUT2D eigenvalue weighted by molar-refractivity contribution is 0.102. The van der Waals surface area contributed by atoms with E-state index in [1.54, 1.807) is 36.4 Å². The third-order valence-electron chi connectivity index (χ3n) is 4.77. The molecule has 0 aliphatic heterocycles. The van der Waals surface area contributed by atoms with Gasteiger partial charge in [0.25, 0.3) is 5.91 Å². The van der Waals surface area contributed by atoms with E-state index in [0.29, 0.717) is 29.8 Å². The Labute approximate surface area is 154 Å². The van der Waals surface area contributed by atoms with Crippen LogP contribution in [0.5, 0.6) is 5.75 Å². The van der Waals surface area contributed by atoms with Crippen LogP contribution in [0.3, 0.4) is 0 Å². The van der Waals surface area contributed by atoms with Crippen molar-refractivity contribution >= 4 is 21.4 Å². The van der Waals surface area contributed by atoms with Crippen LogP contribution in [-0.2, 0) is 9.84 Å². The molecule has 1 amide bonds. The third-order valence-corrected chi connectivity index (χ3v) is 7.03. The van der Waals surface area contributed by atoms with Crippen LogP contribution < -0.4 is 10.1 Å². The molecule has 0 radical (unpaired) electrons. The predicted octanol–water partition coefficient (Wildman–Crippen LogP) is 4.05. The van der Waals surface area contributed by atoms with Crippen LogP contribution in [0.2, 0.25) is 0 Å². The number of anilines is 1. The Bertz CT molecular complexity index is 886. The van der Waals surface area contributed by atoms with Crippen molar-refractivity contribution in [2.75, 3.05) is 12.4 Å². The van der Waals surface area contributed by atoms with Crippen LogP contribution in [0.15, 0.2) is 53.4 Å². The first-order valence-electron chi connectivity index (χ1n) is 8.80. The average Bonchev–Trinajstić information content (AvgIpc) is 2.69. The molecule has 1 fully saturated rings. The highest BCUT2D eigenvalue weighted by Crippen LogP contribution is 2.29. The number of benzene rings is 2. The van der Waals surface area contributed by atoms with E-state index in [0.717, 1.165) is 19.3 Å². The molecule has 26 heavy (non-hydrogen) atoms. The van der Waals surface area contributed by atoms with Gasteiger partial charge in [0.05, 0.1) is 22.9 Å².